The summed E-state index contributed by atoms with van der Waals surface area (Å²) in [5.41, 5.74) is -0.558. The Morgan fingerprint density at radius 3 is 2.28 bits per heavy atom. The SMILES string of the molecule is CC(C(=O)NC1(C#N)CCC1)N1CCCCCC1. The van der Waals surface area contributed by atoms with E-state index >= 15 is 0 Å². The zero-order valence-electron chi connectivity index (χ0n) is 11.2. The molecule has 1 aliphatic heterocycles. The zero-order valence-corrected chi connectivity index (χ0v) is 11.2. The highest BCUT2D eigenvalue weighted by Crippen LogP contribution is 2.31. The van der Waals surface area contributed by atoms with Gasteiger partial charge in [0, 0.05) is 0 Å². The maximum absolute atomic E-state index is 12.2. The third kappa shape index (κ3) is 2.84. The van der Waals surface area contributed by atoms with Crippen molar-refractivity contribution in [1.29, 1.82) is 5.26 Å². The fourth-order valence-corrected chi connectivity index (χ4v) is 2.78. The molecule has 1 heterocycles. The molecule has 0 aromatic rings. The Morgan fingerprint density at radius 1 is 1.22 bits per heavy atom. The van der Waals surface area contributed by atoms with Crippen molar-refractivity contribution in [1.82, 2.24) is 10.2 Å². The number of nitriles is 1. The third-order valence-corrected chi connectivity index (χ3v) is 4.35. The van der Waals surface area contributed by atoms with Crippen LogP contribution in [0.5, 0.6) is 0 Å². The van der Waals surface area contributed by atoms with E-state index in [2.05, 4.69) is 16.3 Å². The molecular formula is C14H23N3O. The van der Waals surface area contributed by atoms with E-state index in [4.69, 9.17) is 5.26 Å². The summed E-state index contributed by atoms with van der Waals surface area (Å²) in [5.74, 6) is 0.0261. The summed E-state index contributed by atoms with van der Waals surface area (Å²) in [6, 6.07) is 2.16. The van der Waals surface area contributed by atoms with E-state index in [0.29, 0.717) is 0 Å². The Morgan fingerprint density at radius 2 is 1.83 bits per heavy atom. The highest BCUT2D eigenvalue weighted by atomic mass is 16.2. The molecule has 0 aromatic heterocycles. The molecule has 100 valence electrons. The molecule has 1 aliphatic carbocycles. The zero-order chi connectivity index (χ0) is 13.0. The molecule has 18 heavy (non-hydrogen) atoms. The summed E-state index contributed by atoms with van der Waals surface area (Å²) in [5, 5.41) is 12.1. The highest BCUT2D eigenvalue weighted by Gasteiger charge is 2.40. The molecule has 4 nitrogen and oxygen atoms in total. The largest absolute Gasteiger partial charge is 0.336 e. The first-order chi connectivity index (χ1) is 8.67. The van der Waals surface area contributed by atoms with E-state index in [1.165, 1.54) is 25.7 Å². The van der Waals surface area contributed by atoms with Crippen LogP contribution in [-0.4, -0.2) is 35.5 Å². The Balaban J connectivity index is 1.89. The third-order valence-electron chi connectivity index (χ3n) is 4.35. The molecule has 4 heteroatoms. The second-order valence-corrected chi connectivity index (χ2v) is 5.66. The molecule has 1 N–H and O–H groups in total. The lowest BCUT2D eigenvalue weighted by Crippen LogP contribution is -2.57. The molecule has 0 aromatic carbocycles. The summed E-state index contributed by atoms with van der Waals surface area (Å²) in [4.78, 5) is 14.5. The molecule has 0 bridgehead atoms. The molecule has 1 atom stereocenters. The lowest BCUT2D eigenvalue weighted by atomic mass is 9.78. The van der Waals surface area contributed by atoms with Gasteiger partial charge in [0.15, 0.2) is 0 Å². The Hall–Kier alpha value is -1.08. The minimum atomic E-state index is -0.558. The summed E-state index contributed by atoms with van der Waals surface area (Å²) < 4.78 is 0. The van der Waals surface area contributed by atoms with Crippen molar-refractivity contribution in [3.8, 4) is 6.07 Å². The van der Waals surface area contributed by atoms with Crippen LogP contribution in [0, 0.1) is 11.3 Å². The minimum Gasteiger partial charge on any atom is -0.336 e. The summed E-state index contributed by atoms with van der Waals surface area (Å²) >= 11 is 0. The number of nitrogens with zero attached hydrogens (tertiary/aromatic N) is 2. The molecule has 1 unspecified atom stereocenters. The lowest BCUT2D eigenvalue weighted by Gasteiger charge is -2.38. The van der Waals surface area contributed by atoms with Crippen molar-refractivity contribution in [3.63, 3.8) is 0 Å². The van der Waals surface area contributed by atoms with Gasteiger partial charge in [0.2, 0.25) is 5.91 Å². The molecule has 2 aliphatic rings. The van der Waals surface area contributed by atoms with Crippen molar-refractivity contribution in [2.24, 2.45) is 0 Å². The average Bonchev–Trinajstić information content (AvgIpc) is 2.61. The van der Waals surface area contributed by atoms with Gasteiger partial charge in [-0.25, -0.2) is 0 Å². The summed E-state index contributed by atoms with van der Waals surface area (Å²) in [7, 11) is 0. The molecule has 1 amide bonds. The van der Waals surface area contributed by atoms with Crippen LogP contribution in [-0.2, 0) is 4.79 Å². The van der Waals surface area contributed by atoms with Crippen LogP contribution in [0.15, 0.2) is 0 Å². The normalized spacial score (nSPS) is 25.3. The van der Waals surface area contributed by atoms with Crippen molar-refractivity contribution >= 4 is 5.91 Å². The molecule has 0 spiro atoms. The van der Waals surface area contributed by atoms with E-state index < -0.39 is 5.54 Å². The van der Waals surface area contributed by atoms with Gasteiger partial charge in [0.25, 0.3) is 0 Å². The van der Waals surface area contributed by atoms with Crippen LogP contribution in [0.3, 0.4) is 0 Å². The minimum absolute atomic E-state index is 0.0261. The van der Waals surface area contributed by atoms with Crippen LogP contribution < -0.4 is 5.32 Å². The Labute approximate surface area is 109 Å². The number of amides is 1. The topological polar surface area (TPSA) is 56.1 Å². The van der Waals surface area contributed by atoms with Gasteiger partial charge in [-0.3, -0.25) is 9.69 Å². The van der Waals surface area contributed by atoms with Crippen molar-refractivity contribution in [2.45, 2.75) is 63.5 Å². The second kappa shape index (κ2) is 5.71. The van der Waals surface area contributed by atoms with Gasteiger partial charge in [-0.05, 0) is 52.1 Å². The predicted molar refractivity (Wildman–Crippen MR) is 69.8 cm³/mol. The number of carbonyl (C=O) groups excluding carboxylic acids is 1. The van der Waals surface area contributed by atoms with Gasteiger partial charge in [-0.15, -0.1) is 0 Å². The standard InChI is InChI=1S/C14H23N3O/c1-12(17-9-4-2-3-5-10-17)13(18)16-14(11-15)7-6-8-14/h12H,2-10H2,1H3,(H,16,18). The van der Waals surface area contributed by atoms with Crippen LogP contribution in [0.25, 0.3) is 0 Å². The number of carbonyl (C=O) groups is 1. The fourth-order valence-electron chi connectivity index (χ4n) is 2.78. The molecule has 1 saturated heterocycles. The number of hydrogen-bond acceptors (Lipinski definition) is 3. The monoisotopic (exact) mass is 249 g/mol. The summed E-state index contributed by atoms with van der Waals surface area (Å²) in [6.07, 6.45) is 7.57. The van der Waals surface area contributed by atoms with Crippen LogP contribution >= 0.6 is 0 Å². The smallest absolute Gasteiger partial charge is 0.238 e. The van der Waals surface area contributed by atoms with Gasteiger partial charge in [-0.1, -0.05) is 12.8 Å². The highest BCUT2D eigenvalue weighted by molar-refractivity contribution is 5.82. The number of nitrogens with one attached hydrogen (secondary N) is 1. The fraction of sp³-hybridized carbons (Fsp3) is 0.857. The van der Waals surface area contributed by atoms with Gasteiger partial charge in [-0.2, -0.15) is 5.26 Å². The predicted octanol–water partition coefficient (Wildman–Crippen LogP) is 1.81. The van der Waals surface area contributed by atoms with Crippen molar-refractivity contribution in [3.05, 3.63) is 0 Å². The second-order valence-electron chi connectivity index (χ2n) is 5.66. The summed E-state index contributed by atoms with van der Waals surface area (Å²) in [6.45, 7) is 3.98. The number of likely N-dealkylation sites (tertiary alicyclic amines) is 1. The maximum Gasteiger partial charge on any atom is 0.238 e. The quantitative estimate of drug-likeness (QED) is 0.830. The van der Waals surface area contributed by atoms with Crippen LogP contribution in [0.4, 0.5) is 0 Å². The van der Waals surface area contributed by atoms with E-state index in [1.807, 2.05) is 6.92 Å². The van der Waals surface area contributed by atoms with Gasteiger partial charge >= 0.3 is 0 Å². The van der Waals surface area contributed by atoms with Crippen LogP contribution in [0.1, 0.15) is 51.9 Å². The Bertz CT molecular complexity index is 335. The first kappa shape index (κ1) is 13.4. The van der Waals surface area contributed by atoms with Gasteiger partial charge in [0.05, 0.1) is 12.1 Å². The molecule has 0 radical (unpaired) electrons. The van der Waals surface area contributed by atoms with Crippen molar-refractivity contribution in [2.75, 3.05) is 13.1 Å². The molecule has 2 rings (SSSR count). The maximum atomic E-state index is 12.2. The Kier molecular flexibility index (Phi) is 4.23. The van der Waals surface area contributed by atoms with Gasteiger partial charge < -0.3 is 5.32 Å². The average molecular weight is 249 g/mol. The van der Waals surface area contributed by atoms with Crippen LogP contribution in [0.2, 0.25) is 0 Å². The molecular weight excluding hydrogens is 226 g/mol. The van der Waals surface area contributed by atoms with E-state index in [-0.39, 0.29) is 11.9 Å². The molecule has 1 saturated carbocycles. The van der Waals surface area contributed by atoms with Gasteiger partial charge in [0.1, 0.15) is 5.54 Å². The molecule has 2 fully saturated rings. The first-order valence-electron chi connectivity index (χ1n) is 7.14. The van der Waals surface area contributed by atoms with E-state index in [9.17, 15) is 4.79 Å². The van der Waals surface area contributed by atoms with Crippen molar-refractivity contribution < 1.29 is 4.79 Å². The van der Waals surface area contributed by atoms with E-state index in [1.54, 1.807) is 0 Å². The lowest BCUT2D eigenvalue weighted by molar-refractivity contribution is -0.128. The number of hydrogen-bond donors (Lipinski definition) is 1. The van der Waals surface area contributed by atoms with E-state index in [0.717, 1.165) is 32.4 Å². The number of rotatable bonds is 3. The first-order valence-corrected chi connectivity index (χ1v) is 7.14.